The second-order valence-electron chi connectivity index (χ2n) is 6.10. The summed E-state index contributed by atoms with van der Waals surface area (Å²) < 4.78 is 6.51. The summed E-state index contributed by atoms with van der Waals surface area (Å²) in [6, 6.07) is 5.84. The van der Waals surface area contributed by atoms with Crippen molar-refractivity contribution in [3.8, 4) is 5.75 Å². The number of benzene rings is 1. The normalized spacial score (nSPS) is 20.9. The van der Waals surface area contributed by atoms with Gasteiger partial charge in [-0.15, -0.1) is 0 Å². The standard InChI is InChI=1S/C16H20BrNO2S/c17-12-4-5-14-13(8-12)18(15(19)9-20-14)10-16(11-21)6-2-1-3-7-16/h4-5,8,21H,1-3,6-7,9-11H2. The molecule has 1 saturated carbocycles. The minimum atomic E-state index is 0.0485. The number of anilines is 1. The van der Waals surface area contributed by atoms with E-state index in [1.165, 1.54) is 19.3 Å². The molecule has 114 valence electrons. The fraction of sp³-hybridized carbons (Fsp3) is 0.562. The van der Waals surface area contributed by atoms with E-state index in [-0.39, 0.29) is 17.9 Å². The molecule has 3 rings (SSSR count). The van der Waals surface area contributed by atoms with Gasteiger partial charge in [0.05, 0.1) is 5.69 Å². The van der Waals surface area contributed by atoms with Crippen molar-refractivity contribution < 1.29 is 9.53 Å². The van der Waals surface area contributed by atoms with Crippen LogP contribution < -0.4 is 9.64 Å². The molecule has 0 aromatic heterocycles. The second-order valence-corrected chi connectivity index (χ2v) is 7.33. The first-order chi connectivity index (χ1) is 10.1. The van der Waals surface area contributed by atoms with E-state index in [9.17, 15) is 4.79 Å². The highest BCUT2D eigenvalue weighted by Gasteiger charge is 2.37. The monoisotopic (exact) mass is 369 g/mol. The van der Waals surface area contributed by atoms with Gasteiger partial charge in [0.25, 0.3) is 5.91 Å². The zero-order valence-corrected chi connectivity index (χ0v) is 14.5. The number of thiol groups is 1. The molecule has 0 unspecified atom stereocenters. The van der Waals surface area contributed by atoms with E-state index < -0.39 is 0 Å². The lowest BCUT2D eigenvalue weighted by Crippen LogP contribution is -2.47. The van der Waals surface area contributed by atoms with Crippen LogP contribution in [0.4, 0.5) is 5.69 Å². The Labute approximate surface area is 139 Å². The zero-order valence-electron chi connectivity index (χ0n) is 12.0. The van der Waals surface area contributed by atoms with E-state index in [4.69, 9.17) is 4.74 Å². The van der Waals surface area contributed by atoms with Gasteiger partial charge in [-0.25, -0.2) is 0 Å². The average molecular weight is 370 g/mol. The van der Waals surface area contributed by atoms with Crippen molar-refractivity contribution in [3.05, 3.63) is 22.7 Å². The number of hydrogen-bond donors (Lipinski definition) is 1. The second kappa shape index (κ2) is 6.21. The molecule has 3 nitrogen and oxygen atoms in total. The molecule has 1 aromatic rings. The summed E-state index contributed by atoms with van der Waals surface area (Å²) in [5, 5.41) is 0. The number of fused-ring (bicyclic) bond motifs is 1. The Hall–Kier alpha value is -0.680. The van der Waals surface area contributed by atoms with Crippen LogP contribution in [0.3, 0.4) is 0 Å². The lowest BCUT2D eigenvalue weighted by molar-refractivity contribution is -0.121. The van der Waals surface area contributed by atoms with Crippen molar-refractivity contribution in [1.29, 1.82) is 0 Å². The van der Waals surface area contributed by atoms with Gasteiger partial charge in [0.15, 0.2) is 6.61 Å². The predicted molar refractivity (Wildman–Crippen MR) is 91.4 cm³/mol. The quantitative estimate of drug-likeness (QED) is 0.814. The number of ether oxygens (including phenoxy) is 1. The molecule has 0 bridgehead atoms. The third-order valence-electron chi connectivity index (χ3n) is 4.61. The number of rotatable bonds is 3. The number of halogens is 1. The molecule has 1 heterocycles. The SMILES string of the molecule is O=C1COc2ccc(Br)cc2N1CC1(CS)CCCCC1. The van der Waals surface area contributed by atoms with Gasteiger partial charge in [0.1, 0.15) is 5.75 Å². The minimum absolute atomic E-state index is 0.0485. The first-order valence-corrected chi connectivity index (χ1v) is 8.90. The van der Waals surface area contributed by atoms with Crippen LogP contribution in [-0.4, -0.2) is 24.8 Å². The summed E-state index contributed by atoms with van der Waals surface area (Å²) >= 11 is 8.08. The Bertz CT molecular complexity index is 543. The fourth-order valence-electron chi connectivity index (χ4n) is 3.35. The molecular formula is C16H20BrNO2S. The molecule has 1 amide bonds. The van der Waals surface area contributed by atoms with E-state index in [0.717, 1.165) is 41.0 Å². The third kappa shape index (κ3) is 3.09. The van der Waals surface area contributed by atoms with Crippen LogP contribution in [0.15, 0.2) is 22.7 Å². The summed E-state index contributed by atoms with van der Waals surface area (Å²) in [4.78, 5) is 14.3. The van der Waals surface area contributed by atoms with Crippen LogP contribution >= 0.6 is 28.6 Å². The topological polar surface area (TPSA) is 29.5 Å². The number of carbonyl (C=O) groups excluding carboxylic acids is 1. The van der Waals surface area contributed by atoms with Gasteiger partial charge in [-0.3, -0.25) is 4.79 Å². The first kappa shape index (κ1) is 15.2. The fourth-order valence-corrected chi connectivity index (χ4v) is 4.12. The maximum absolute atomic E-state index is 12.4. The highest BCUT2D eigenvalue weighted by Crippen LogP contribution is 2.42. The van der Waals surface area contributed by atoms with Crippen molar-refractivity contribution in [2.45, 2.75) is 32.1 Å². The molecule has 0 N–H and O–H groups in total. The van der Waals surface area contributed by atoms with Crippen LogP contribution in [0.25, 0.3) is 0 Å². The maximum Gasteiger partial charge on any atom is 0.265 e. The van der Waals surface area contributed by atoms with Crippen molar-refractivity contribution >= 4 is 40.2 Å². The van der Waals surface area contributed by atoms with Crippen molar-refractivity contribution in [2.75, 3.05) is 23.8 Å². The summed E-state index contributed by atoms with van der Waals surface area (Å²) in [6.07, 6.45) is 6.10. The molecular weight excluding hydrogens is 350 g/mol. The number of amides is 1. The zero-order chi connectivity index (χ0) is 14.9. The minimum Gasteiger partial charge on any atom is -0.482 e. The smallest absolute Gasteiger partial charge is 0.265 e. The molecule has 2 aliphatic rings. The van der Waals surface area contributed by atoms with E-state index in [2.05, 4.69) is 28.6 Å². The molecule has 1 fully saturated rings. The van der Waals surface area contributed by atoms with E-state index in [1.54, 1.807) is 0 Å². The van der Waals surface area contributed by atoms with E-state index in [0.29, 0.717) is 0 Å². The number of nitrogens with zero attached hydrogens (tertiary/aromatic N) is 1. The largest absolute Gasteiger partial charge is 0.482 e. The van der Waals surface area contributed by atoms with Crippen LogP contribution in [0.1, 0.15) is 32.1 Å². The molecule has 5 heteroatoms. The van der Waals surface area contributed by atoms with Crippen LogP contribution in [0, 0.1) is 5.41 Å². The Balaban J connectivity index is 1.90. The van der Waals surface area contributed by atoms with Crippen molar-refractivity contribution in [2.24, 2.45) is 5.41 Å². The Kier molecular flexibility index (Phi) is 4.50. The maximum atomic E-state index is 12.4. The van der Waals surface area contributed by atoms with Gasteiger partial charge >= 0.3 is 0 Å². The highest BCUT2D eigenvalue weighted by atomic mass is 79.9. The van der Waals surface area contributed by atoms with E-state index >= 15 is 0 Å². The Morgan fingerprint density at radius 1 is 1.29 bits per heavy atom. The van der Waals surface area contributed by atoms with Crippen molar-refractivity contribution in [3.63, 3.8) is 0 Å². The summed E-state index contributed by atoms with van der Waals surface area (Å²) in [7, 11) is 0. The Morgan fingerprint density at radius 3 is 2.76 bits per heavy atom. The van der Waals surface area contributed by atoms with Crippen LogP contribution in [-0.2, 0) is 4.79 Å². The average Bonchev–Trinajstić information content (AvgIpc) is 2.51. The molecule has 1 aromatic carbocycles. The molecule has 0 spiro atoms. The highest BCUT2D eigenvalue weighted by molar-refractivity contribution is 9.10. The van der Waals surface area contributed by atoms with Gasteiger partial charge in [-0.2, -0.15) is 12.6 Å². The van der Waals surface area contributed by atoms with Crippen LogP contribution in [0.5, 0.6) is 5.75 Å². The van der Waals surface area contributed by atoms with Gasteiger partial charge in [-0.05, 0) is 42.2 Å². The van der Waals surface area contributed by atoms with Crippen molar-refractivity contribution in [1.82, 2.24) is 0 Å². The molecule has 0 atom stereocenters. The van der Waals surface area contributed by atoms with Gasteiger partial charge in [-0.1, -0.05) is 35.2 Å². The summed E-state index contributed by atoms with van der Waals surface area (Å²) in [5.74, 6) is 1.68. The van der Waals surface area contributed by atoms with Crippen LogP contribution in [0.2, 0.25) is 0 Å². The molecule has 1 aliphatic carbocycles. The molecule has 0 saturated heterocycles. The number of carbonyl (C=O) groups is 1. The lowest BCUT2D eigenvalue weighted by atomic mass is 9.75. The summed E-state index contributed by atoms with van der Waals surface area (Å²) in [6.45, 7) is 0.888. The third-order valence-corrected chi connectivity index (χ3v) is 5.77. The van der Waals surface area contributed by atoms with Gasteiger partial charge in [0.2, 0.25) is 0 Å². The lowest BCUT2D eigenvalue weighted by Gasteiger charge is -2.41. The number of hydrogen-bond acceptors (Lipinski definition) is 3. The first-order valence-electron chi connectivity index (χ1n) is 7.47. The van der Waals surface area contributed by atoms with E-state index in [1.807, 2.05) is 23.1 Å². The molecule has 0 radical (unpaired) electrons. The summed E-state index contributed by atoms with van der Waals surface area (Å²) in [5.41, 5.74) is 1.03. The van der Waals surface area contributed by atoms with Gasteiger partial charge < -0.3 is 9.64 Å². The molecule has 1 aliphatic heterocycles. The molecule has 21 heavy (non-hydrogen) atoms. The Morgan fingerprint density at radius 2 is 2.05 bits per heavy atom. The van der Waals surface area contributed by atoms with Gasteiger partial charge in [0, 0.05) is 11.0 Å². The predicted octanol–water partition coefficient (Wildman–Crippen LogP) is 4.05.